The zero-order chi connectivity index (χ0) is 18.0. The van der Waals surface area contributed by atoms with Gasteiger partial charge in [0.2, 0.25) is 0 Å². The van der Waals surface area contributed by atoms with Crippen LogP contribution < -0.4 is 5.73 Å². The van der Waals surface area contributed by atoms with Gasteiger partial charge in [-0.05, 0) is 25.6 Å². The lowest BCUT2D eigenvalue weighted by atomic mass is 10.2. The molecule has 1 saturated heterocycles. The fraction of sp³-hybridized carbons (Fsp3) is 0.529. The van der Waals surface area contributed by atoms with Crippen LogP contribution in [0.1, 0.15) is 26.5 Å². The molecule has 0 unspecified atom stereocenters. The van der Waals surface area contributed by atoms with E-state index >= 15 is 0 Å². The molecule has 0 aliphatic carbocycles. The van der Waals surface area contributed by atoms with Gasteiger partial charge in [0.15, 0.2) is 0 Å². The molecule has 25 heavy (non-hydrogen) atoms. The molecule has 0 bridgehead atoms. The topological polar surface area (TPSA) is 67.4 Å². The van der Waals surface area contributed by atoms with Gasteiger partial charge in [0.05, 0.1) is 11.1 Å². The molecule has 2 aromatic rings. The van der Waals surface area contributed by atoms with Crippen LogP contribution in [-0.2, 0) is 20.1 Å². The predicted octanol–water partition coefficient (Wildman–Crippen LogP) is 1.62. The summed E-state index contributed by atoms with van der Waals surface area (Å²) >= 11 is 1.42. The van der Waals surface area contributed by atoms with E-state index in [9.17, 15) is 9.18 Å². The van der Waals surface area contributed by atoms with E-state index in [-0.39, 0.29) is 6.04 Å². The number of nitrogens with two attached hydrogens (primary N) is 1. The lowest BCUT2D eigenvalue weighted by Gasteiger charge is -2.27. The smallest absolute Gasteiger partial charge is 0.258 e. The zero-order valence-corrected chi connectivity index (χ0v) is 15.4. The van der Waals surface area contributed by atoms with E-state index in [1.165, 1.54) is 11.3 Å². The first kappa shape index (κ1) is 18.0. The molecule has 8 heteroatoms. The predicted molar refractivity (Wildman–Crippen MR) is 96.1 cm³/mol. The minimum absolute atomic E-state index is 0.177. The molecule has 0 spiro atoms. The van der Waals surface area contributed by atoms with Gasteiger partial charge in [-0.2, -0.15) is 5.10 Å². The molecule has 1 aliphatic rings. The molecule has 0 radical (unpaired) electrons. The fourth-order valence-corrected chi connectivity index (χ4v) is 4.32. The summed E-state index contributed by atoms with van der Waals surface area (Å²) in [6.07, 6.45) is 3.59. The number of aryl methyl sites for hydroxylation is 1. The molecule has 0 aromatic carbocycles. The van der Waals surface area contributed by atoms with Crippen molar-refractivity contribution in [3.8, 4) is 0 Å². The molecule has 0 saturated carbocycles. The van der Waals surface area contributed by atoms with Crippen molar-refractivity contribution in [2.45, 2.75) is 31.7 Å². The first-order valence-corrected chi connectivity index (χ1v) is 9.15. The maximum Gasteiger partial charge on any atom is 0.258 e. The number of rotatable bonds is 7. The number of amides is 1. The second-order valence-corrected chi connectivity index (χ2v) is 7.93. The van der Waals surface area contributed by atoms with Crippen LogP contribution in [0.4, 0.5) is 4.39 Å². The van der Waals surface area contributed by atoms with E-state index in [0.29, 0.717) is 17.8 Å². The highest BCUT2D eigenvalue weighted by Gasteiger charge is 2.32. The van der Waals surface area contributed by atoms with Crippen molar-refractivity contribution in [3.05, 3.63) is 39.8 Å². The summed E-state index contributed by atoms with van der Waals surface area (Å²) < 4.78 is 15.7. The molecule has 6 nitrogen and oxygen atoms in total. The standard InChI is InChI=1S/C17H24FN5OS/c1-21(11-15-3-4-16(25-15)17(19)24)10-14-5-13(18)9-23(14)8-12-6-20-22(2)7-12/h3-4,6-7,13-14H,5,8-11H2,1-2H3,(H2,19,24)/t13-,14-/m0/s1. The molecule has 1 fully saturated rings. The number of aromatic nitrogens is 2. The van der Waals surface area contributed by atoms with Crippen LogP contribution in [-0.4, -0.2) is 57.8 Å². The lowest BCUT2D eigenvalue weighted by Crippen LogP contribution is -2.38. The van der Waals surface area contributed by atoms with Crippen LogP contribution in [0.15, 0.2) is 24.5 Å². The summed E-state index contributed by atoms with van der Waals surface area (Å²) in [4.78, 5) is 17.2. The SMILES string of the molecule is CN(Cc1ccc(C(N)=O)s1)C[C@@H]1C[C@H](F)CN1Cc1cnn(C)c1. The van der Waals surface area contributed by atoms with Crippen LogP contribution in [0, 0.1) is 0 Å². The van der Waals surface area contributed by atoms with Gasteiger partial charge in [0.25, 0.3) is 5.91 Å². The average molecular weight is 365 g/mol. The number of hydrogen-bond donors (Lipinski definition) is 1. The summed E-state index contributed by atoms with van der Waals surface area (Å²) in [5, 5.41) is 4.19. The van der Waals surface area contributed by atoms with E-state index in [1.54, 1.807) is 10.7 Å². The highest BCUT2D eigenvalue weighted by molar-refractivity contribution is 7.14. The second kappa shape index (κ2) is 7.63. The Kier molecular flexibility index (Phi) is 5.51. The van der Waals surface area contributed by atoms with Gasteiger partial charge in [-0.1, -0.05) is 0 Å². The number of carbonyl (C=O) groups excluding carboxylic acids is 1. The van der Waals surface area contributed by atoms with Crippen molar-refractivity contribution < 1.29 is 9.18 Å². The molecule has 3 rings (SSSR count). The van der Waals surface area contributed by atoms with Gasteiger partial charge in [0.1, 0.15) is 6.17 Å². The van der Waals surface area contributed by atoms with Gasteiger partial charge >= 0.3 is 0 Å². The third-order valence-corrected chi connectivity index (χ3v) is 5.56. The van der Waals surface area contributed by atoms with Crippen molar-refractivity contribution in [3.63, 3.8) is 0 Å². The average Bonchev–Trinajstić information content (AvgIpc) is 3.22. The molecule has 3 heterocycles. The Morgan fingerprint density at radius 1 is 1.52 bits per heavy atom. The molecule has 2 aromatic heterocycles. The number of nitrogens with zero attached hydrogens (tertiary/aromatic N) is 4. The van der Waals surface area contributed by atoms with Gasteiger partial charge in [-0.3, -0.25) is 19.3 Å². The Morgan fingerprint density at radius 2 is 2.32 bits per heavy atom. The Hall–Kier alpha value is -1.77. The first-order valence-electron chi connectivity index (χ1n) is 8.33. The van der Waals surface area contributed by atoms with Gasteiger partial charge in [0, 0.05) is 55.9 Å². The van der Waals surface area contributed by atoms with Crippen LogP contribution in [0.25, 0.3) is 0 Å². The summed E-state index contributed by atoms with van der Waals surface area (Å²) in [5.74, 6) is -0.391. The molecule has 136 valence electrons. The third-order valence-electron chi connectivity index (χ3n) is 4.47. The van der Waals surface area contributed by atoms with Crippen LogP contribution in [0.5, 0.6) is 0 Å². The van der Waals surface area contributed by atoms with Crippen molar-refractivity contribution in [2.75, 3.05) is 20.1 Å². The number of primary amides is 1. The maximum atomic E-state index is 14.0. The maximum absolute atomic E-state index is 14.0. The Labute approximate surface area is 151 Å². The number of likely N-dealkylation sites (tertiary alicyclic amines) is 1. The zero-order valence-electron chi connectivity index (χ0n) is 14.6. The van der Waals surface area contributed by atoms with E-state index in [0.717, 1.165) is 30.1 Å². The highest BCUT2D eigenvalue weighted by Crippen LogP contribution is 2.24. The van der Waals surface area contributed by atoms with Crippen LogP contribution >= 0.6 is 11.3 Å². The summed E-state index contributed by atoms with van der Waals surface area (Å²) in [6, 6.07) is 3.87. The number of alkyl halides is 1. The number of carbonyl (C=O) groups is 1. The van der Waals surface area contributed by atoms with Crippen molar-refractivity contribution in [2.24, 2.45) is 12.8 Å². The van der Waals surface area contributed by atoms with E-state index in [4.69, 9.17) is 5.73 Å². The Morgan fingerprint density at radius 3 is 2.96 bits per heavy atom. The number of halogens is 1. The van der Waals surface area contributed by atoms with Crippen molar-refractivity contribution >= 4 is 17.2 Å². The molecule has 1 amide bonds. The Balaban J connectivity index is 1.58. The van der Waals surface area contributed by atoms with Gasteiger partial charge in [-0.15, -0.1) is 11.3 Å². The third kappa shape index (κ3) is 4.65. The number of thiophene rings is 1. The molecular weight excluding hydrogens is 341 g/mol. The Bertz CT molecular complexity index is 730. The second-order valence-electron chi connectivity index (χ2n) is 6.77. The van der Waals surface area contributed by atoms with Crippen molar-refractivity contribution in [1.29, 1.82) is 0 Å². The normalized spacial score (nSPS) is 21.3. The monoisotopic (exact) mass is 365 g/mol. The van der Waals surface area contributed by atoms with Crippen LogP contribution in [0.2, 0.25) is 0 Å². The quantitative estimate of drug-likeness (QED) is 0.810. The summed E-state index contributed by atoms with van der Waals surface area (Å²) in [7, 11) is 3.91. The fourth-order valence-electron chi connectivity index (χ4n) is 3.38. The minimum Gasteiger partial charge on any atom is -0.365 e. The molecule has 1 aliphatic heterocycles. The van der Waals surface area contributed by atoms with Gasteiger partial charge < -0.3 is 5.73 Å². The largest absolute Gasteiger partial charge is 0.365 e. The molecular formula is C17H24FN5OS. The van der Waals surface area contributed by atoms with E-state index in [1.807, 2.05) is 32.6 Å². The summed E-state index contributed by atoms with van der Waals surface area (Å²) in [6.45, 7) is 2.70. The highest BCUT2D eigenvalue weighted by atomic mass is 32.1. The number of hydrogen-bond acceptors (Lipinski definition) is 5. The van der Waals surface area contributed by atoms with Crippen molar-refractivity contribution in [1.82, 2.24) is 19.6 Å². The molecule has 2 N–H and O–H groups in total. The summed E-state index contributed by atoms with van der Waals surface area (Å²) in [5.41, 5.74) is 6.41. The first-order chi connectivity index (χ1) is 11.9. The lowest BCUT2D eigenvalue weighted by molar-refractivity contribution is 0.100. The van der Waals surface area contributed by atoms with E-state index < -0.39 is 12.1 Å². The van der Waals surface area contributed by atoms with E-state index in [2.05, 4.69) is 14.9 Å². The number of likely N-dealkylation sites (N-methyl/N-ethyl adjacent to an activating group) is 1. The van der Waals surface area contributed by atoms with Gasteiger partial charge in [-0.25, -0.2) is 4.39 Å². The van der Waals surface area contributed by atoms with Crippen LogP contribution in [0.3, 0.4) is 0 Å². The minimum atomic E-state index is -0.779. The molecule has 2 atom stereocenters.